The summed E-state index contributed by atoms with van der Waals surface area (Å²) in [6.07, 6.45) is 3.90. The summed E-state index contributed by atoms with van der Waals surface area (Å²) in [7, 11) is 0. The Morgan fingerprint density at radius 1 is 1.21 bits per heavy atom. The van der Waals surface area contributed by atoms with E-state index in [1.54, 1.807) is 24.3 Å². The number of rotatable bonds is 7. The number of thiophene rings is 1. The van der Waals surface area contributed by atoms with Crippen molar-refractivity contribution in [2.24, 2.45) is 0 Å². The van der Waals surface area contributed by atoms with Gasteiger partial charge in [0.15, 0.2) is 17.3 Å². The summed E-state index contributed by atoms with van der Waals surface area (Å²) in [4.78, 5) is 24.2. The van der Waals surface area contributed by atoms with Gasteiger partial charge < -0.3 is 14.2 Å². The Labute approximate surface area is 143 Å². The van der Waals surface area contributed by atoms with Crippen molar-refractivity contribution in [2.45, 2.75) is 12.8 Å². The van der Waals surface area contributed by atoms with Gasteiger partial charge in [0.25, 0.3) is 0 Å². The van der Waals surface area contributed by atoms with E-state index < -0.39 is 5.97 Å². The molecule has 0 saturated carbocycles. The van der Waals surface area contributed by atoms with Crippen molar-refractivity contribution in [1.82, 2.24) is 0 Å². The second-order valence-electron chi connectivity index (χ2n) is 5.12. The van der Waals surface area contributed by atoms with Gasteiger partial charge in [-0.2, -0.15) is 0 Å². The smallest absolute Gasteiger partial charge is 0.330 e. The molecule has 3 rings (SSSR count). The highest BCUT2D eigenvalue weighted by molar-refractivity contribution is 7.12. The van der Waals surface area contributed by atoms with E-state index in [9.17, 15) is 9.59 Å². The van der Waals surface area contributed by atoms with Crippen molar-refractivity contribution in [3.63, 3.8) is 0 Å². The number of hydrogen-bond acceptors (Lipinski definition) is 6. The number of fused-ring (bicyclic) bond motifs is 1. The second kappa shape index (κ2) is 7.79. The third-order valence-corrected chi connectivity index (χ3v) is 4.31. The van der Waals surface area contributed by atoms with Gasteiger partial charge in [-0.1, -0.05) is 12.1 Å². The monoisotopic (exact) mass is 344 g/mol. The van der Waals surface area contributed by atoms with Crippen LogP contribution in [0.25, 0.3) is 6.08 Å². The van der Waals surface area contributed by atoms with E-state index in [4.69, 9.17) is 14.2 Å². The van der Waals surface area contributed by atoms with Crippen molar-refractivity contribution >= 4 is 29.2 Å². The molecule has 0 aliphatic carbocycles. The molecule has 0 fully saturated rings. The predicted octanol–water partition coefficient (Wildman–Crippen LogP) is 3.70. The van der Waals surface area contributed by atoms with Crippen molar-refractivity contribution in [3.05, 3.63) is 52.2 Å². The Hall–Kier alpha value is -2.60. The highest BCUT2D eigenvalue weighted by atomic mass is 32.1. The van der Waals surface area contributed by atoms with Crippen LogP contribution in [0.15, 0.2) is 41.8 Å². The average molecular weight is 344 g/mol. The first-order valence-corrected chi connectivity index (χ1v) is 8.41. The Bertz CT molecular complexity index is 749. The minimum Gasteiger partial charge on any atom is -0.463 e. The third kappa shape index (κ3) is 4.23. The van der Waals surface area contributed by atoms with E-state index in [-0.39, 0.29) is 19.2 Å². The van der Waals surface area contributed by atoms with Crippen LogP contribution >= 0.6 is 11.3 Å². The van der Waals surface area contributed by atoms with Gasteiger partial charge in [-0.3, -0.25) is 4.79 Å². The van der Waals surface area contributed by atoms with Crippen LogP contribution < -0.4 is 9.47 Å². The maximum Gasteiger partial charge on any atom is 0.330 e. The Kier molecular flexibility index (Phi) is 5.28. The zero-order chi connectivity index (χ0) is 16.8. The molecule has 0 bridgehead atoms. The molecule has 1 aromatic heterocycles. The molecule has 2 aromatic rings. The SMILES string of the molecule is O=C(/C=C/c1ccc2c(c1)OCO2)OCCCC(=O)c1cccs1. The zero-order valence-corrected chi connectivity index (χ0v) is 13.7. The lowest BCUT2D eigenvalue weighted by Gasteiger charge is -2.01. The van der Waals surface area contributed by atoms with E-state index in [0.29, 0.717) is 24.3 Å². The van der Waals surface area contributed by atoms with Gasteiger partial charge in [0.2, 0.25) is 6.79 Å². The lowest BCUT2D eigenvalue weighted by atomic mass is 10.2. The summed E-state index contributed by atoms with van der Waals surface area (Å²) in [5.41, 5.74) is 0.823. The summed E-state index contributed by atoms with van der Waals surface area (Å²) in [5.74, 6) is 1.01. The van der Waals surface area contributed by atoms with Crippen LogP contribution in [0.2, 0.25) is 0 Å². The maximum absolute atomic E-state index is 11.8. The van der Waals surface area contributed by atoms with Crippen LogP contribution in [-0.4, -0.2) is 25.2 Å². The summed E-state index contributed by atoms with van der Waals surface area (Å²) in [5, 5.41) is 1.87. The topological polar surface area (TPSA) is 61.8 Å². The van der Waals surface area contributed by atoms with E-state index >= 15 is 0 Å². The molecule has 0 radical (unpaired) electrons. The molecule has 5 nitrogen and oxygen atoms in total. The van der Waals surface area contributed by atoms with Crippen molar-refractivity contribution < 1.29 is 23.8 Å². The van der Waals surface area contributed by atoms with Gasteiger partial charge in [-0.25, -0.2) is 4.79 Å². The standard InChI is InChI=1S/C18H16O5S/c19-14(17-4-2-10-24-17)3-1-9-21-18(20)8-6-13-5-7-15-16(11-13)23-12-22-15/h2,4-8,10-11H,1,3,9,12H2/b8-6+. The van der Waals surface area contributed by atoms with Crippen LogP contribution in [0.5, 0.6) is 11.5 Å². The first-order valence-electron chi connectivity index (χ1n) is 7.53. The first kappa shape index (κ1) is 16.3. The van der Waals surface area contributed by atoms with Gasteiger partial charge in [0, 0.05) is 12.5 Å². The molecule has 0 amide bonds. The fourth-order valence-corrected chi connectivity index (χ4v) is 2.89. The van der Waals surface area contributed by atoms with Crippen LogP contribution in [0.1, 0.15) is 28.1 Å². The minimum atomic E-state index is -0.434. The Balaban J connectivity index is 1.40. The summed E-state index contributed by atoms with van der Waals surface area (Å²) < 4.78 is 15.6. The van der Waals surface area contributed by atoms with Crippen molar-refractivity contribution in [2.75, 3.05) is 13.4 Å². The minimum absolute atomic E-state index is 0.0805. The fraction of sp³-hybridized carbons (Fsp3) is 0.222. The summed E-state index contributed by atoms with van der Waals surface area (Å²) >= 11 is 1.42. The number of carbonyl (C=O) groups excluding carboxylic acids is 2. The molecule has 0 saturated heterocycles. The quantitative estimate of drug-likeness (QED) is 0.332. The molecule has 1 aromatic carbocycles. The number of benzene rings is 1. The number of Topliss-reactive ketones (excluding diaryl/α,β-unsaturated/α-hetero) is 1. The number of carbonyl (C=O) groups is 2. The van der Waals surface area contributed by atoms with E-state index in [1.165, 1.54) is 17.4 Å². The van der Waals surface area contributed by atoms with Crippen molar-refractivity contribution in [3.8, 4) is 11.5 Å². The zero-order valence-electron chi connectivity index (χ0n) is 12.9. The number of ether oxygens (including phenoxy) is 3. The van der Waals surface area contributed by atoms with E-state index in [1.807, 2.05) is 17.5 Å². The molecule has 0 atom stereocenters. The molecule has 1 aliphatic heterocycles. The molecule has 2 heterocycles. The molecule has 6 heteroatoms. The first-order chi connectivity index (χ1) is 11.7. The highest BCUT2D eigenvalue weighted by Gasteiger charge is 2.12. The molecule has 0 unspecified atom stereocenters. The van der Waals surface area contributed by atoms with Gasteiger partial charge in [0.05, 0.1) is 11.5 Å². The van der Waals surface area contributed by atoms with Gasteiger partial charge in [0.1, 0.15) is 0 Å². The van der Waals surface area contributed by atoms with E-state index in [2.05, 4.69) is 0 Å². The molecule has 1 aliphatic rings. The van der Waals surface area contributed by atoms with Crippen molar-refractivity contribution in [1.29, 1.82) is 0 Å². The molecule has 0 N–H and O–H groups in total. The Morgan fingerprint density at radius 3 is 2.92 bits per heavy atom. The summed E-state index contributed by atoms with van der Waals surface area (Å²) in [6, 6.07) is 9.07. The Morgan fingerprint density at radius 2 is 2.08 bits per heavy atom. The maximum atomic E-state index is 11.8. The predicted molar refractivity (Wildman–Crippen MR) is 90.4 cm³/mol. The molecular weight excluding hydrogens is 328 g/mol. The lowest BCUT2D eigenvalue weighted by Crippen LogP contribution is -2.05. The summed E-state index contributed by atoms with van der Waals surface area (Å²) in [6.45, 7) is 0.441. The van der Waals surface area contributed by atoms with Gasteiger partial charge >= 0.3 is 5.97 Å². The molecule has 0 spiro atoms. The van der Waals surface area contributed by atoms with Crippen LogP contribution in [0.3, 0.4) is 0 Å². The largest absolute Gasteiger partial charge is 0.463 e. The van der Waals surface area contributed by atoms with Crippen LogP contribution in [0.4, 0.5) is 0 Å². The normalized spacial score (nSPS) is 12.5. The fourth-order valence-electron chi connectivity index (χ4n) is 2.20. The lowest BCUT2D eigenvalue weighted by molar-refractivity contribution is -0.137. The molecular formula is C18H16O5S. The third-order valence-electron chi connectivity index (χ3n) is 3.40. The average Bonchev–Trinajstić information content (AvgIpc) is 3.27. The van der Waals surface area contributed by atoms with Crippen LogP contribution in [0, 0.1) is 0 Å². The van der Waals surface area contributed by atoms with E-state index in [0.717, 1.165) is 10.4 Å². The van der Waals surface area contributed by atoms with Gasteiger partial charge in [-0.15, -0.1) is 11.3 Å². The van der Waals surface area contributed by atoms with Crippen LogP contribution in [-0.2, 0) is 9.53 Å². The number of hydrogen-bond donors (Lipinski definition) is 0. The van der Waals surface area contributed by atoms with Gasteiger partial charge in [-0.05, 0) is 41.6 Å². The molecule has 124 valence electrons. The number of esters is 1. The molecule has 24 heavy (non-hydrogen) atoms. The second-order valence-corrected chi connectivity index (χ2v) is 6.07. The number of ketones is 1. The highest BCUT2D eigenvalue weighted by Crippen LogP contribution is 2.32.